The van der Waals surface area contributed by atoms with E-state index in [1.165, 1.54) is 46.4 Å². The summed E-state index contributed by atoms with van der Waals surface area (Å²) in [6.07, 6.45) is 5.71. The Morgan fingerprint density at radius 3 is 1.64 bits per heavy atom. The Morgan fingerprint density at radius 1 is 0.651 bits per heavy atom. The zero-order chi connectivity index (χ0) is 63.2. The Kier molecular flexibility index (Phi) is 29.8. The molecule has 0 aliphatic carbocycles. The van der Waals surface area contributed by atoms with Crippen molar-refractivity contribution in [3.05, 3.63) is 30.1 Å². The van der Waals surface area contributed by atoms with E-state index in [1.54, 1.807) is 0 Å². The number of likely N-dealkylation sites (N-methyl/N-ethyl adjacent to an activating group) is 1. The Bertz CT molecular complexity index is 2440. The fourth-order valence-corrected chi connectivity index (χ4v) is 11.4. The van der Waals surface area contributed by atoms with Crippen molar-refractivity contribution in [3.63, 3.8) is 0 Å². The van der Waals surface area contributed by atoms with Crippen LogP contribution in [0, 0.1) is 23.6 Å². The predicted octanol–water partition coefficient (Wildman–Crippen LogP) is 4.36. The first-order valence-electron chi connectivity index (χ1n) is 29.6. The Hall–Kier alpha value is -5.75. The standard InChI is InChI=1S/C59H102FN11O11S/c1-17-18-19-20-21-22-24-47(70(37-72)49-25-23-32-71(49)83(81,82)43-28-26-42(60)27-29-43)53(77)64-46(35-40(6)7)52(76)66-58(11,12)55(79)65-44(33-38(2)3)50(74)63-45(34-39(4)5)51(75)67-59(13,14)56(80)68-57(9,10)54(78)61-31-30-48(73)62-41(8)36-69(15)16/h26-29,37-41,44-47,49H,17-25,30-36H2,1-16H3,(H,61,78)(H,62,73)(H,63,74)(H,64,77)(H,65,79)(H,66,76)(H,67,75)(H,68,80)/t41-,44-,45-,46-,47-,49-/m0/s1. The molecular formula is C59H102FN11O11S. The molecular weight excluding hydrogens is 1090 g/mol. The molecule has 1 aliphatic rings. The summed E-state index contributed by atoms with van der Waals surface area (Å²) in [7, 11) is -0.459. The fourth-order valence-electron chi connectivity index (χ4n) is 9.77. The van der Waals surface area contributed by atoms with Crippen LogP contribution in [-0.4, -0.2) is 163 Å². The van der Waals surface area contributed by atoms with Gasteiger partial charge in [0.2, 0.25) is 63.7 Å². The summed E-state index contributed by atoms with van der Waals surface area (Å²) in [6.45, 7) is 24.4. The lowest BCUT2D eigenvalue weighted by Gasteiger charge is -2.37. The van der Waals surface area contributed by atoms with Gasteiger partial charge in [0.1, 0.15) is 46.6 Å². The second-order valence-electron chi connectivity index (χ2n) is 25.4. The highest BCUT2D eigenvalue weighted by Crippen LogP contribution is 2.30. The highest BCUT2D eigenvalue weighted by Gasteiger charge is 2.44. The first-order chi connectivity index (χ1) is 38.5. The van der Waals surface area contributed by atoms with Gasteiger partial charge in [-0.05, 0) is 143 Å². The van der Waals surface area contributed by atoms with Crippen LogP contribution >= 0.6 is 0 Å². The molecule has 9 amide bonds. The zero-order valence-corrected chi connectivity index (χ0v) is 53.3. The van der Waals surface area contributed by atoms with Gasteiger partial charge in [-0.2, -0.15) is 4.31 Å². The number of sulfonamides is 1. The minimum Gasteiger partial charge on any atom is -0.354 e. The highest BCUT2D eigenvalue weighted by molar-refractivity contribution is 7.89. The number of carbonyl (C=O) groups excluding carboxylic acids is 9. The van der Waals surface area contributed by atoms with E-state index in [1.807, 2.05) is 67.5 Å². The van der Waals surface area contributed by atoms with Crippen LogP contribution in [-0.2, 0) is 53.2 Å². The molecule has 0 unspecified atom stereocenters. The van der Waals surface area contributed by atoms with Gasteiger partial charge in [-0.1, -0.05) is 87.0 Å². The predicted molar refractivity (Wildman–Crippen MR) is 318 cm³/mol. The number of rotatable bonds is 37. The summed E-state index contributed by atoms with van der Waals surface area (Å²) < 4.78 is 42.9. The summed E-state index contributed by atoms with van der Waals surface area (Å²) in [6, 6.07) is -0.565. The van der Waals surface area contributed by atoms with Gasteiger partial charge in [0.15, 0.2) is 0 Å². The van der Waals surface area contributed by atoms with Gasteiger partial charge in [-0.3, -0.25) is 43.2 Å². The molecule has 24 heteroatoms. The SMILES string of the molecule is CCCCCCCC[C@@H](C(=O)N[C@@H](CC(C)C)C(=O)NC(C)(C)C(=O)N[C@@H](CC(C)C)C(=O)N[C@@H](CC(C)C)C(=O)NC(C)(C)C(=O)NC(C)(C)C(=O)NCCC(=O)N[C@@H](C)CN(C)C)N(C=O)[C@@H]1CCCN1S(=O)(=O)c1ccc(F)cc1. The molecule has 1 aliphatic heterocycles. The average molecular weight is 1190 g/mol. The van der Waals surface area contributed by atoms with Gasteiger partial charge in [-0.15, -0.1) is 0 Å². The lowest BCUT2D eigenvalue weighted by molar-refractivity contribution is -0.140. The lowest BCUT2D eigenvalue weighted by atomic mass is 9.96. The molecule has 1 heterocycles. The third-order valence-electron chi connectivity index (χ3n) is 14.2. The van der Waals surface area contributed by atoms with Crippen molar-refractivity contribution in [1.29, 1.82) is 0 Å². The summed E-state index contributed by atoms with van der Waals surface area (Å²) in [4.78, 5) is 127. The molecule has 6 atom stereocenters. The van der Waals surface area contributed by atoms with Crippen LogP contribution in [0.15, 0.2) is 29.2 Å². The maximum atomic E-state index is 14.6. The molecule has 0 radical (unpaired) electrons. The van der Waals surface area contributed by atoms with Gasteiger partial charge in [0.25, 0.3) is 0 Å². The van der Waals surface area contributed by atoms with E-state index in [0.717, 1.165) is 60.7 Å². The van der Waals surface area contributed by atoms with Crippen molar-refractivity contribution in [1.82, 2.24) is 56.6 Å². The Morgan fingerprint density at radius 2 is 1.13 bits per heavy atom. The number of nitrogens with one attached hydrogen (secondary N) is 8. The van der Waals surface area contributed by atoms with Crippen LogP contribution in [0.3, 0.4) is 0 Å². The van der Waals surface area contributed by atoms with Crippen LogP contribution < -0.4 is 42.5 Å². The number of nitrogens with zero attached hydrogens (tertiary/aromatic N) is 3. The van der Waals surface area contributed by atoms with E-state index in [-0.39, 0.29) is 86.2 Å². The van der Waals surface area contributed by atoms with Crippen LogP contribution in [0.25, 0.3) is 0 Å². The van der Waals surface area contributed by atoms with E-state index in [0.29, 0.717) is 25.8 Å². The second kappa shape index (κ2) is 33.7. The minimum absolute atomic E-state index is 0.0167. The molecule has 1 saturated heterocycles. The molecule has 0 spiro atoms. The molecule has 0 saturated carbocycles. The maximum Gasteiger partial charge on any atom is 0.246 e. The number of halogens is 1. The molecule has 1 aromatic rings. The molecule has 2 rings (SSSR count). The molecule has 0 aromatic heterocycles. The molecule has 472 valence electrons. The van der Waals surface area contributed by atoms with Crippen LogP contribution in [0.4, 0.5) is 4.39 Å². The third kappa shape index (κ3) is 24.4. The van der Waals surface area contributed by atoms with Gasteiger partial charge < -0.3 is 52.3 Å². The minimum atomic E-state index is -4.24. The number of carbonyl (C=O) groups is 9. The second-order valence-corrected chi connectivity index (χ2v) is 27.3. The zero-order valence-electron chi connectivity index (χ0n) is 52.5. The van der Waals surface area contributed by atoms with Crippen molar-refractivity contribution in [2.75, 3.05) is 33.7 Å². The number of hydrogen-bond acceptors (Lipinski definition) is 12. The molecule has 22 nitrogen and oxygen atoms in total. The van der Waals surface area contributed by atoms with Crippen molar-refractivity contribution < 1.29 is 56.0 Å². The summed E-state index contributed by atoms with van der Waals surface area (Å²) in [5.74, 6) is -6.18. The van der Waals surface area contributed by atoms with Crippen LogP contribution in [0.2, 0.25) is 0 Å². The van der Waals surface area contributed by atoms with Crippen LogP contribution in [0.1, 0.15) is 180 Å². The average Bonchev–Trinajstić information content (AvgIpc) is 4.06. The smallest absolute Gasteiger partial charge is 0.246 e. The largest absolute Gasteiger partial charge is 0.354 e. The molecule has 8 N–H and O–H groups in total. The number of hydrogen-bond donors (Lipinski definition) is 8. The highest BCUT2D eigenvalue weighted by atomic mass is 32.2. The molecule has 1 aromatic carbocycles. The Labute approximate surface area is 494 Å². The van der Waals surface area contributed by atoms with Gasteiger partial charge >= 0.3 is 0 Å². The third-order valence-corrected chi connectivity index (χ3v) is 16.2. The number of benzene rings is 1. The Balaban J connectivity index is 2.32. The quantitative estimate of drug-likeness (QED) is 0.0341. The number of amides is 9. The van der Waals surface area contributed by atoms with Crippen molar-refractivity contribution in [2.45, 2.75) is 238 Å². The normalized spacial score (nSPS) is 16.1. The number of unbranched alkanes of at least 4 members (excludes halogenated alkanes) is 5. The van der Waals surface area contributed by atoms with E-state index < -0.39 is 104 Å². The van der Waals surface area contributed by atoms with Gasteiger partial charge in [0.05, 0.1) is 11.1 Å². The van der Waals surface area contributed by atoms with Crippen molar-refractivity contribution in [2.24, 2.45) is 17.8 Å². The molecule has 0 bridgehead atoms. The maximum absolute atomic E-state index is 14.6. The fraction of sp³-hybridized carbons (Fsp3) is 0.746. The van der Waals surface area contributed by atoms with Crippen LogP contribution in [0.5, 0.6) is 0 Å². The lowest BCUT2D eigenvalue weighted by Crippen LogP contribution is -2.65. The monoisotopic (exact) mass is 1190 g/mol. The topological polar surface area (TPSA) is 294 Å². The van der Waals surface area contributed by atoms with E-state index >= 15 is 0 Å². The van der Waals surface area contributed by atoms with E-state index in [9.17, 15) is 56.0 Å². The van der Waals surface area contributed by atoms with E-state index in [4.69, 9.17) is 0 Å². The molecule has 1 fully saturated rings. The summed E-state index contributed by atoms with van der Waals surface area (Å²) in [5, 5.41) is 22.1. The molecule has 83 heavy (non-hydrogen) atoms. The van der Waals surface area contributed by atoms with Gasteiger partial charge in [0, 0.05) is 32.1 Å². The summed E-state index contributed by atoms with van der Waals surface area (Å²) in [5.41, 5.74) is -4.77. The van der Waals surface area contributed by atoms with Gasteiger partial charge in [-0.25, -0.2) is 12.8 Å². The summed E-state index contributed by atoms with van der Waals surface area (Å²) >= 11 is 0. The van der Waals surface area contributed by atoms with Crippen molar-refractivity contribution >= 4 is 63.7 Å². The first-order valence-corrected chi connectivity index (χ1v) is 31.0. The first kappa shape index (κ1) is 73.4. The van der Waals surface area contributed by atoms with E-state index in [2.05, 4.69) is 49.5 Å². The van der Waals surface area contributed by atoms with Crippen molar-refractivity contribution in [3.8, 4) is 0 Å².